The highest BCUT2D eigenvalue weighted by molar-refractivity contribution is 5.95. The van der Waals surface area contributed by atoms with E-state index in [1.54, 1.807) is 12.1 Å². The summed E-state index contributed by atoms with van der Waals surface area (Å²) in [5.74, 6) is 0.102. The standard InChI is InChI=1S/C14H18N2O3/c17-14(11-4-2-1-3-5-11)7-6-12-10-13(16(18)19)8-9-15-12/h1-5,12-13,15H,6-10H2. The number of hydrogen-bond donors (Lipinski definition) is 1. The van der Waals surface area contributed by atoms with Gasteiger partial charge in [0.25, 0.3) is 0 Å². The molecule has 0 radical (unpaired) electrons. The van der Waals surface area contributed by atoms with Gasteiger partial charge >= 0.3 is 0 Å². The first-order valence-corrected chi connectivity index (χ1v) is 6.62. The van der Waals surface area contributed by atoms with Crippen molar-refractivity contribution in [2.45, 2.75) is 37.8 Å². The summed E-state index contributed by atoms with van der Waals surface area (Å²) in [6.45, 7) is 0.663. The molecule has 19 heavy (non-hydrogen) atoms. The Hall–Kier alpha value is -1.75. The smallest absolute Gasteiger partial charge is 0.215 e. The predicted molar refractivity (Wildman–Crippen MR) is 71.8 cm³/mol. The van der Waals surface area contributed by atoms with Crippen molar-refractivity contribution in [2.24, 2.45) is 0 Å². The average Bonchev–Trinajstić information content (AvgIpc) is 2.46. The molecule has 0 amide bonds. The molecule has 2 rings (SSSR count). The maximum absolute atomic E-state index is 11.9. The van der Waals surface area contributed by atoms with Gasteiger partial charge in [0, 0.05) is 42.3 Å². The van der Waals surface area contributed by atoms with Gasteiger partial charge in [-0.1, -0.05) is 30.3 Å². The number of Topliss-reactive ketones (excluding diaryl/α,β-unsaturated/α-hetero) is 1. The highest BCUT2D eigenvalue weighted by atomic mass is 16.6. The van der Waals surface area contributed by atoms with Crippen LogP contribution in [0.5, 0.6) is 0 Å². The Balaban J connectivity index is 1.82. The second kappa shape index (κ2) is 6.43. The van der Waals surface area contributed by atoms with Crippen molar-refractivity contribution in [1.82, 2.24) is 5.32 Å². The van der Waals surface area contributed by atoms with E-state index >= 15 is 0 Å². The Labute approximate surface area is 112 Å². The minimum atomic E-state index is -0.460. The molecule has 1 aliphatic heterocycles. The van der Waals surface area contributed by atoms with Crippen molar-refractivity contribution in [2.75, 3.05) is 6.54 Å². The van der Waals surface area contributed by atoms with Gasteiger partial charge in [-0.2, -0.15) is 0 Å². The molecular formula is C14H18N2O3. The molecule has 1 aromatic rings. The number of hydrogen-bond acceptors (Lipinski definition) is 4. The summed E-state index contributed by atoms with van der Waals surface area (Å²) in [5, 5.41) is 14.0. The van der Waals surface area contributed by atoms with Crippen LogP contribution in [0.1, 0.15) is 36.0 Å². The highest BCUT2D eigenvalue weighted by Gasteiger charge is 2.29. The molecule has 102 valence electrons. The SMILES string of the molecule is O=C(CCC1CC([N+](=O)[O-])CCN1)c1ccccc1. The molecule has 5 heteroatoms. The van der Waals surface area contributed by atoms with E-state index in [2.05, 4.69) is 5.32 Å². The molecule has 1 saturated heterocycles. The molecule has 0 bridgehead atoms. The Morgan fingerprint density at radius 2 is 2.11 bits per heavy atom. The number of rotatable bonds is 5. The number of carbonyl (C=O) groups is 1. The van der Waals surface area contributed by atoms with Crippen molar-refractivity contribution in [3.63, 3.8) is 0 Å². The van der Waals surface area contributed by atoms with Crippen molar-refractivity contribution in [3.05, 3.63) is 46.0 Å². The number of piperidine rings is 1. The summed E-state index contributed by atoms with van der Waals surface area (Å²) < 4.78 is 0. The van der Waals surface area contributed by atoms with Gasteiger partial charge in [-0.15, -0.1) is 0 Å². The quantitative estimate of drug-likeness (QED) is 0.501. The van der Waals surface area contributed by atoms with E-state index in [9.17, 15) is 14.9 Å². The van der Waals surface area contributed by atoms with E-state index in [-0.39, 0.29) is 16.7 Å². The van der Waals surface area contributed by atoms with Gasteiger partial charge in [0.2, 0.25) is 6.04 Å². The third kappa shape index (κ3) is 3.86. The summed E-state index contributed by atoms with van der Waals surface area (Å²) >= 11 is 0. The molecule has 0 aliphatic carbocycles. The minimum Gasteiger partial charge on any atom is -0.313 e. The van der Waals surface area contributed by atoms with Gasteiger partial charge in [0.15, 0.2) is 5.78 Å². The Morgan fingerprint density at radius 1 is 1.37 bits per heavy atom. The molecule has 0 aromatic heterocycles. The second-order valence-corrected chi connectivity index (χ2v) is 4.94. The van der Waals surface area contributed by atoms with E-state index in [0.717, 1.165) is 0 Å². The third-order valence-electron chi connectivity index (χ3n) is 3.58. The van der Waals surface area contributed by atoms with Crippen LogP contribution in [0.2, 0.25) is 0 Å². The summed E-state index contributed by atoms with van der Waals surface area (Å²) in [4.78, 5) is 22.5. The Morgan fingerprint density at radius 3 is 2.79 bits per heavy atom. The maximum atomic E-state index is 11.9. The fourth-order valence-corrected chi connectivity index (χ4v) is 2.47. The number of nitro groups is 1. The van der Waals surface area contributed by atoms with Crippen molar-refractivity contribution < 1.29 is 9.72 Å². The zero-order valence-corrected chi connectivity index (χ0v) is 10.7. The lowest BCUT2D eigenvalue weighted by atomic mass is 9.94. The second-order valence-electron chi connectivity index (χ2n) is 4.94. The van der Waals surface area contributed by atoms with Gasteiger partial charge in [0.1, 0.15) is 0 Å². The number of ketones is 1. The van der Waals surface area contributed by atoms with Gasteiger partial charge in [0.05, 0.1) is 0 Å². The topological polar surface area (TPSA) is 72.2 Å². The van der Waals surface area contributed by atoms with Crippen molar-refractivity contribution >= 4 is 5.78 Å². The molecule has 1 aromatic carbocycles. The average molecular weight is 262 g/mol. The molecule has 1 aliphatic rings. The zero-order chi connectivity index (χ0) is 13.7. The van der Waals surface area contributed by atoms with Crippen LogP contribution in [0, 0.1) is 10.1 Å². The lowest BCUT2D eigenvalue weighted by Gasteiger charge is -2.25. The van der Waals surface area contributed by atoms with Crippen LogP contribution in [-0.2, 0) is 0 Å². The van der Waals surface area contributed by atoms with E-state index in [1.807, 2.05) is 18.2 Å². The van der Waals surface area contributed by atoms with Gasteiger partial charge < -0.3 is 5.32 Å². The molecule has 5 nitrogen and oxygen atoms in total. The number of benzene rings is 1. The van der Waals surface area contributed by atoms with Crippen LogP contribution in [0.15, 0.2) is 30.3 Å². The summed E-state index contributed by atoms with van der Waals surface area (Å²) in [5.41, 5.74) is 0.712. The van der Waals surface area contributed by atoms with Gasteiger partial charge in [-0.25, -0.2) is 0 Å². The molecule has 1 heterocycles. The number of carbonyl (C=O) groups excluding carboxylic acids is 1. The minimum absolute atomic E-state index is 0.0804. The fraction of sp³-hybridized carbons (Fsp3) is 0.500. The fourth-order valence-electron chi connectivity index (χ4n) is 2.47. The normalized spacial score (nSPS) is 22.9. The van der Waals surface area contributed by atoms with Crippen molar-refractivity contribution in [3.8, 4) is 0 Å². The monoisotopic (exact) mass is 262 g/mol. The van der Waals surface area contributed by atoms with E-state index in [0.29, 0.717) is 37.8 Å². The van der Waals surface area contributed by atoms with Crippen LogP contribution >= 0.6 is 0 Å². The van der Waals surface area contributed by atoms with Crippen LogP contribution in [-0.4, -0.2) is 29.3 Å². The molecule has 1 N–H and O–H groups in total. The third-order valence-corrected chi connectivity index (χ3v) is 3.58. The number of nitrogens with one attached hydrogen (secondary N) is 1. The first-order valence-electron chi connectivity index (χ1n) is 6.62. The predicted octanol–water partition coefficient (Wildman–Crippen LogP) is 2.05. The summed E-state index contributed by atoms with van der Waals surface area (Å²) in [6, 6.07) is 8.78. The molecular weight excluding hydrogens is 244 g/mol. The first kappa shape index (κ1) is 13.7. The Bertz CT molecular complexity index is 447. The summed E-state index contributed by atoms with van der Waals surface area (Å²) in [7, 11) is 0. The van der Waals surface area contributed by atoms with E-state index < -0.39 is 6.04 Å². The molecule has 0 spiro atoms. The van der Waals surface area contributed by atoms with Gasteiger partial charge in [-0.05, 0) is 6.42 Å². The molecule has 0 saturated carbocycles. The van der Waals surface area contributed by atoms with Crippen LogP contribution in [0.25, 0.3) is 0 Å². The Kier molecular flexibility index (Phi) is 4.63. The van der Waals surface area contributed by atoms with Crippen molar-refractivity contribution in [1.29, 1.82) is 0 Å². The number of nitrogens with zero attached hydrogens (tertiary/aromatic N) is 1. The molecule has 2 unspecified atom stereocenters. The molecule has 2 atom stereocenters. The molecule has 1 fully saturated rings. The lowest BCUT2D eigenvalue weighted by Crippen LogP contribution is -2.43. The van der Waals surface area contributed by atoms with Crippen LogP contribution in [0.4, 0.5) is 0 Å². The van der Waals surface area contributed by atoms with E-state index in [4.69, 9.17) is 0 Å². The summed E-state index contributed by atoms with van der Waals surface area (Å²) in [6.07, 6.45) is 2.20. The van der Waals surface area contributed by atoms with Crippen LogP contribution < -0.4 is 5.32 Å². The zero-order valence-electron chi connectivity index (χ0n) is 10.7. The first-order chi connectivity index (χ1) is 9.16. The largest absolute Gasteiger partial charge is 0.313 e. The lowest BCUT2D eigenvalue weighted by molar-refractivity contribution is -0.526. The maximum Gasteiger partial charge on any atom is 0.215 e. The van der Waals surface area contributed by atoms with Crippen LogP contribution in [0.3, 0.4) is 0 Å². The van der Waals surface area contributed by atoms with E-state index in [1.165, 1.54) is 0 Å². The van der Waals surface area contributed by atoms with Gasteiger partial charge in [-0.3, -0.25) is 14.9 Å². The highest BCUT2D eigenvalue weighted by Crippen LogP contribution is 2.16.